The number of thioether (sulfide) groups is 1. The third-order valence-electron chi connectivity index (χ3n) is 5.30. The minimum atomic E-state index is -0.455. The smallest absolute Gasteiger partial charge is 0.189 e. The van der Waals surface area contributed by atoms with Gasteiger partial charge < -0.3 is 15.2 Å². The normalized spacial score (nSPS) is 16.9. The molecule has 0 amide bonds. The van der Waals surface area contributed by atoms with Crippen LogP contribution >= 0.6 is 23.1 Å². The Morgan fingerprint density at radius 3 is 2.63 bits per heavy atom. The molecule has 30 heavy (non-hydrogen) atoms. The summed E-state index contributed by atoms with van der Waals surface area (Å²) in [6.07, 6.45) is 3.31. The Hall–Kier alpha value is -1.48. The van der Waals surface area contributed by atoms with Gasteiger partial charge in [-0.2, -0.15) is 0 Å². The fourth-order valence-electron chi connectivity index (χ4n) is 3.93. The highest BCUT2D eigenvalue weighted by Crippen LogP contribution is 2.43. The third kappa shape index (κ3) is 4.15. The van der Waals surface area contributed by atoms with Crippen LogP contribution in [0.15, 0.2) is 5.16 Å². The molecule has 3 aromatic heterocycles. The fraction of sp³-hybridized carbons (Fsp3) is 0.591. The predicted molar refractivity (Wildman–Crippen MR) is 126 cm³/mol. The van der Waals surface area contributed by atoms with Gasteiger partial charge in [0.15, 0.2) is 5.16 Å². The Labute approximate surface area is 185 Å². The maximum absolute atomic E-state index is 9.75. The van der Waals surface area contributed by atoms with Crippen LogP contribution in [-0.4, -0.2) is 44.6 Å². The number of aliphatic hydroxyl groups excluding tert-OH is 1. The highest BCUT2D eigenvalue weighted by molar-refractivity contribution is 7.98. The van der Waals surface area contributed by atoms with E-state index in [1.54, 1.807) is 18.3 Å². The van der Waals surface area contributed by atoms with E-state index in [1.165, 1.54) is 22.9 Å². The number of thiophene rings is 1. The molecule has 6 nitrogen and oxygen atoms in total. The maximum Gasteiger partial charge on any atom is 0.189 e. The molecule has 0 fully saturated rings. The highest BCUT2D eigenvalue weighted by Gasteiger charge is 2.32. The number of aliphatic hydroxyl groups is 1. The molecule has 0 aliphatic carbocycles. The van der Waals surface area contributed by atoms with Crippen LogP contribution in [0.1, 0.15) is 51.4 Å². The number of anilines is 1. The SMILES string of the molecule is CSc1nc(NC[C@H](C)O)c2sc3nc(CC(C)C)c4c(c3c2n1)CC(C)(C)OC4. The first kappa shape index (κ1) is 21.7. The number of rotatable bonds is 6. The van der Waals surface area contributed by atoms with Gasteiger partial charge in [-0.05, 0) is 44.9 Å². The largest absolute Gasteiger partial charge is 0.392 e. The first-order chi connectivity index (χ1) is 14.2. The predicted octanol–water partition coefficient (Wildman–Crippen LogP) is 4.80. The molecule has 2 N–H and O–H groups in total. The van der Waals surface area contributed by atoms with E-state index >= 15 is 0 Å². The summed E-state index contributed by atoms with van der Waals surface area (Å²) < 4.78 is 7.18. The molecule has 162 valence electrons. The molecule has 4 rings (SSSR count). The molecule has 0 bridgehead atoms. The molecule has 0 spiro atoms. The molecule has 0 unspecified atom stereocenters. The molecule has 0 saturated heterocycles. The summed E-state index contributed by atoms with van der Waals surface area (Å²) in [5.41, 5.74) is 4.45. The van der Waals surface area contributed by atoms with Gasteiger partial charge in [-0.1, -0.05) is 25.6 Å². The summed E-state index contributed by atoms with van der Waals surface area (Å²) in [4.78, 5) is 15.7. The summed E-state index contributed by atoms with van der Waals surface area (Å²) in [7, 11) is 0. The fourth-order valence-corrected chi connectivity index (χ4v) is 5.43. The van der Waals surface area contributed by atoms with Gasteiger partial charge in [-0.25, -0.2) is 15.0 Å². The zero-order valence-corrected chi connectivity index (χ0v) is 20.1. The average Bonchev–Trinajstić information content (AvgIpc) is 3.03. The van der Waals surface area contributed by atoms with Crippen molar-refractivity contribution in [1.82, 2.24) is 15.0 Å². The maximum atomic E-state index is 9.75. The lowest BCUT2D eigenvalue weighted by atomic mass is 9.88. The summed E-state index contributed by atoms with van der Waals surface area (Å²) in [6.45, 7) is 11.6. The van der Waals surface area contributed by atoms with Crippen LogP contribution in [0.5, 0.6) is 0 Å². The van der Waals surface area contributed by atoms with Crippen molar-refractivity contribution in [3.63, 3.8) is 0 Å². The monoisotopic (exact) mass is 446 g/mol. The Morgan fingerprint density at radius 2 is 1.97 bits per heavy atom. The molecule has 0 saturated carbocycles. The molecule has 1 aliphatic heterocycles. The molecule has 0 radical (unpaired) electrons. The van der Waals surface area contributed by atoms with Gasteiger partial charge in [0.05, 0.1) is 28.5 Å². The molecular formula is C22H30N4O2S2. The van der Waals surface area contributed by atoms with Gasteiger partial charge in [0.2, 0.25) is 0 Å². The lowest BCUT2D eigenvalue weighted by molar-refractivity contribution is -0.0402. The second-order valence-corrected chi connectivity index (χ2v) is 10.9. The molecule has 8 heteroatoms. The first-order valence-corrected chi connectivity index (χ1v) is 12.5. The number of pyridine rings is 1. The zero-order chi connectivity index (χ0) is 21.6. The van der Waals surface area contributed by atoms with Crippen LogP contribution in [0.4, 0.5) is 5.82 Å². The van der Waals surface area contributed by atoms with Gasteiger partial charge in [0, 0.05) is 29.6 Å². The van der Waals surface area contributed by atoms with Crippen molar-refractivity contribution >= 4 is 49.3 Å². The second kappa shape index (κ2) is 8.22. The topological polar surface area (TPSA) is 80.2 Å². The van der Waals surface area contributed by atoms with E-state index in [2.05, 4.69) is 38.0 Å². The number of ether oxygens (including phenoxy) is 1. The van der Waals surface area contributed by atoms with Gasteiger partial charge in [0.25, 0.3) is 0 Å². The Balaban J connectivity index is 2.01. The van der Waals surface area contributed by atoms with Crippen LogP contribution < -0.4 is 5.32 Å². The van der Waals surface area contributed by atoms with E-state index in [-0.39, 0.29) is 5.60 Å². The second-order valence-electron chi connectivity index (χ2n) is 9.09. The van der Waals surface area contributed by atoms with Crippen molar-refractivity contribution in [1.29, 1.82) is 0 Å². The Morgan fingerprint density at radius 1 is 1.20 bits per heavy atom. The van der Waals surface area contributed by atoms with E-state index in [9.17, 15) is 5.11 Å². The lowest BCUT2D eigenvalue weighted by Crippen LogP contribution is -2.33. The van der Waals surface area contributed by atoms with E-state index < -0.39 is 6.10 Å². The van der Waals surface area contributed by atoms with Crippen LogP contribution in [0, 0.1) is 5.92 Å². The molecule has 1 atom stereocenters. The lowest BCUT2D eigenvalue weighted by Gasteiger charge is -2.33. The van der Waals surface area contributed by atoms with E-state index in [0.717, 1.165) is 49.9 Å². The van der Waals surface area contributed by atoms with E-state index in [1.807, 2.05) is 6.26 Å². The first-order valence-electron chi connectivity index (χ1n) is 10.4. The Bertz CT molecular complexity index is 1090. The zero-order valence-electron chi connectivity index (χ0n) is 18.5. The third-order valence-corrected chi connectivity index (χ3v) is 6.93. The summed E-state index contributed by atoms with van der Waals surface area (Å²) in [5, 5.41) is 14.9. The number of nitrogens with one attached hydrogen (secondary N) is 1. The summed E-state index contributed by atoms with van der Waals surface area (Å²) in [5.74, 6) is 1.30. The van der Waals surface area contributed by atoms with Crippen molar-refractivity contribution in [2.24, 2.45) is 5.92 Å². The van der Waals surface area contributed by atoms with E-state index in [4.69, 9.17) is 14.7 Å². The number of aromatic nitrogens is 3. The summed E-state index contributed by atoms with van der Waals surface area (Å²) in [6, 6.07) is 0. The molecule has 0 aromatic carbocycles. The molecule has 1 aliphatic rings. The van der Waals surface area contributed by atoms with Gasteiger partial charge >= 0.3 is 0 Å². The molecule has 3 aromatic rings. The highest BCUT2D eigenvalue weighted by atomic mass is 32.2. The van der Waals surface area contributed by atoms with Crippen molar-refractivity contribution in [2.45, 2.75) is 70.9 Å². The van der Waals surface area contributed by atoms with Gasteiger partial charge in [0.1, 0.15) is 10.6 Å². The average molecular weight is 447 g/mol. The minimum absolute atomic E-state index is 0.215. The number of nitrogens with zero attached hydrogens (tertiary/aromatic N) is 3. The number of hydrogen-bond acceptors (Lipinski definition) is 8. The quantitative estimate of drug-likeness (QED) is 0.416. The van der Waals surface area contributed by atoms with Crippen molar-refractivity contribution in [3.05, 3.63) is 16.8 Å². The Kier molecular flexibility index (Phi) is 5.96. The molecular weight excluding hydrogens is 416 g/mol. The number of fused-ring (bicyclic) bond motifs is 5. The van der Waals surface area contributed by atoms with Crippen LogP contribution in [0.2, 0.25) is 0 Å². The number of hydrogen-bond donors (Lipinski definition) is 2. The van der Waals surface area contributed by atoms with Crippen LogP contribution in [-0.2, 0) is 24.2 Å². The molecule has 4 heterocycles. The van der Waals surface area contributed by atoms with Gasteiger partial charge in [-0.3, -0.25) is 0 Å². The standard InChI is InChI=1S/C22H30N4O2S2/c1-11(2)7-15-14-10-28-22(4,5)8-13(14)16-17-18(30-20(16)24-15)19(23-9-12(3)27)26-21(25-17)29-6/h11-12,27H,7-10H2,1-6H3,(H,23,25,26)/t12-/m0/s1. The van der Waals surface area contributed by atoms with Crippen molar-refractivity contribution in [2.75, 3.05) is 18.1 Å². The van der Waals surface area contributed by atoms with Crippen LogP contribution in [0.25, 0.3) is 20.4 Å². The van der Waals surface area contributed by atoms with Crippen LogP contribution in [0.3, 0.4) is 0 Å². The van der Waals surface area contributed by atoms with Crippen molar-refractivity contribution in [3.8, 4) is 0 Å². The van der Waals surface area contributed by atoms with E-state index in [0.29, 0.717) is 19.1 Å². The van der Waals surface area contributed by atoms with Crippen molar-refractivity contribution < 1.29 is 9.84 Å². The summed E-state index contributed by atoms with van der Waals surface area (Å²) >= 11 is 3.17. The van der Waals surface area contributed by atoms with Gasteiger partial charge in [-0.15, -0.1) is 11.3 Å². The minimum Gasteiger partial charge on any atom is -0.392 e.